The molecule has 18 heavy (non-hydrogen) atoms. The molecule has 0 saturated heterocycles. The van der Waals surface area contributed by atoms with Gasteiger partial charge in [-0.3, -0.25) is 0 Å². The molecule has 0 aliphatic rings. The van der Waals surface area contributed by atoms with Gasteiger partial charge in [-0.1, -0.05) is 0 Å². The van der Waals surface area contributed by atoms with Crippen LogP contribution in [0.2, 0.25) is 0 Å². The average molecular weight is 323 g/mol. The van der Waals surface area contributed by atoms with Crippen LogP contribution < -0.4 is 4.46 Å². The number of allylic oxidation sites excluding steroid dienone is 1. The average Bonchev–Trinajstić information content (AvgIpc) is 2.34. The van der Waals surface area contributed by atoms with Crippen molar-refractivity contribution in [2.75, 3.05) is 0 Å². The molecule has 0 aromatic heterocycles. The normalized spacial score (nSPS) is 13.3. The molecule has 0 heterocycles. The predicted molar refractivity (Wildman–Crippen MR) is 66.2 cm³/mol. The summed E-state index contributed by atoms with van der Waals surface area (Å²) in [5, 5.41) is 0. The second-order valence-corrected chi connectivity index (χ2v) is 7.17. The van der Waals surface area contributed by atoms with Crippen molar-refractivity contribution in [3.63, 3.8) is 0 Å². The van der Waals surface area contributed by atoms with E-state index in [9.17, 15) is 17.0 Å². The number of unbranched alkanes of at least 4 members (excludes halogenated alkanes) is 1. The van der Waals surface area contributed by atoms with E-state index in [1.807, 2.05) is 6.92 Å². The Balaban J connectivity index is 3.03. The van der Waals surface area contributed by atoms with Crippen LogP contribution in [0.1, 0.15) is 31.7 Å². The molecule has 0 amide bonds. The number of benzene rings is 1. The molecule has 0 aliphatic heterocycles. The molecule has 5 heteroatoms. The summed E-state index contributed by atoms with van der Waals surface area (Å²) in [6, 6.07) is 5.04. The number of halogens is 3. The Morgan fingerprint density at radius 3 is 2.50 bits per heavy atom. The molecule has 0 aliphatic carbocycles. The number of rotatable bonds is 5. The van der Waals surface area contributed by atoms with Crippen molar-refractivity contribution in [1.82, 2.24) is 0 Å². The van der Waals surface area contributed by atoms with Gasteiger partial charge in [0.1, 0.15) is 0 Å². The standard InChI is InChI=1S/C13H15F3OSe/c1-3-4-7-10(2)18(17)12-9-6-5-8-11(12)13(14,15)16/h5-6,8-9H,2-4,7H2,1H3. The van der Waals surface area contributed by atoms with Crippen molar-refractivity contribution in [3.8, 4) is 0 Å². The quantitative estimate of drug-likeness (QED) is 0.757. The Bertz CT molecular complexity index is 452. The fraction of sp³-hybridized carbons (Fsp3) is 0.385. The van der Waals surface area contributed by atoms with Gasteiger partial charge in [-0.2, -0.15) is 0 Å². The van der Waals surface area contributed by atoms with E-state index in [0.717, 1.165) is 18.9 Å². The van der Waals surface area contributed by atoms with Crippen LogP contribution in [0.3, 0.4) is 0 Å². The SMILES string of the molecule is C=C(CCCC)[Se](=O)c1ccccc1C(F)(F)F. The van der Waals surface area contributed by atoms with Gasteiger partial charge >= 0.3 is 109 Å². The second kappa shape index (κ2) is 6.30. The molecule has 0 fully saturated rings. The van der Waals surface area contributed by atoms with E-state index in [1.54, 1.807) is 0 Å². The maximum absolute atomic E-state index is 12.8. The zero-order valence-electron chi connectivity index (χ0n) is 10.1. The van der Waals surface area contributed by atoms with E-state index in [1.165, 1.54) is 18.2 Å². The van der Waals surface area contributed by atoms with Gasteiger partial charge in [-0.15, -0.1) is 0 Å². The first-order chi connectivity index (χ1) is 8.38. The maximum atomic E-state index is 12.8. The Kier molecular flexibility index (Phi) is 5.29. The van der Waals surface area contributed by atoms with Gasteiger partial charge in [0.25, 0.3) is 0 Å². The van der Waals surface area contributed by atoms with Crippen molar-refractivity contribution in [1.29, 1.82) is 0 Å². The molecule has 0 saturated carbocycles. The van der Waals surface area contributed by atoms with Crippen molar-refractivity contribution in [3.05, 3.63) is 40.9 Å². The molecule has 0 spiro atoms. The van der Waals surface area contributed by atoms with Gasteiger partial charge in [-0.05, 0) is 0 Å². The van der Waals surface area contributed by atoms with Crippen LogP contribution in [0, 0.1) is 0 Å². The van der Waals surface area contributed by atoms with Crippen molar-refractivity contribution >= 4 is 18.3 Å². The molecular formula is C13H15F3OSe. The Morgan fingerprint density at radius 2 is 1.94 bits per heavy atom. The van der Waals surface area contributed by atoms with E-state index in [-0.39, 0.29) is 4.46 Å². The van der Waals surface area contributed by atoms with E-state index in [2.05, 4.69) is 6.58 Å². The summed E-state index contributed by atoms with van der Waals surface area (Å²) in [6.07, 6.45) is -2.24. The first-order valence-electron chi connectivity index (χ1n) is 5.63. The third-order valence-electron chi connectivity index (χ3n) is 2.46. The molecule has 1 unspecified atom stereocenters. The van der Waals surface area contributed by atoms with Crippen LogP contribution >= 0.6 is 0 Å². The molecular weight excluding hydrogens is 308 g/mol. The third-order valence-corrected chi connectivity index (χ3v) is 5.58. The molecule has 0 bridgehead atoms. The van der Waals surface area contributed by atoms with Crippen LogP contribution in [-0.2, 0) is 10.0 Å². The third kappa shape index (κ3) is 3.79. The molecule has 0 N–H and O–H groups in total. The number of hydrogen-bond acceptors (Lipinski definition) is 1. The topological polar surface area (TPSA) is 17.1 Å². The van der Waals surface area contributed by atoms with Gasteiger partial charge < -0.3 is 0 Å². The fourth-order valence-corrected chi connectivity index (χ4v) is 4.06. The van der Waals surface area contributed by atoms with Crippen LogP contribution in [0.25, 0.3) is 0 Å². The van der Waals surface area contributed by atoms with Gasteiger partial charge in [0.2, 0.25) is 0 Å². The summed E-state index contributed by atoms with van der Waals surface area (Å²) < 4.78 is 50.8. The number of hydrogen-bond donors (Lipinski definition) is 0. The minimum atomic E-state index is -4.46. The summed E-state index contributed by atoms with van der Waals surface area (Å²) in [5.41, 5.74) is -0.803. The second-order valence-electron chi connectivity index (χ2n) is 3.90. The summed E-state index contributed by atoms with van der Waals surface area (Å²) in [5.74, 6) is 0. The van der Waals surface area contributed by atoms with E-state index in [4.69, 9.17) is 0 Å². The Labute approximate surface area is 109 Å². The molecule has 0 radical (unpaired) electrons. The van der Waals surface area contributed by atoms with Crippen molar-refractivity contribution < 1.29 is 17.0 Å². The van der Waals surface area contributed by atoms with Crippen LogP contribution in [0.4, 0.5) is 13.2 Å². The molecule has 1 atom stereocenters. The monoisotopic (exact) mass is 324 g/mol. The number of alkyl halides is 3. The molecule has 1 nitrogen and oxygen atoms in total. The molecule has 1 aromatic carbocycles. The zero-order chi connectivity index (χ0) is 13.8. The van der Waals surface area contributed by atoms with E-state index < -0.39 is 25.6 Å². The summed E-state index contributed by atoms with van der Waals surface area (Å²) in [4.78, 5) is 0. The van der Waals surface area contributed by atoms with E-state index in [0.29, 0.717) is 10.9 Å². The first-order valence-corrected chi connectivity index (χ1v) is 8.05. The van der Waals surface area contributed by atoms with Crippen molar-refractivity contribution in [2.24, 2.45) is 0 Å². The van der Waals surface area contributed by atoms with Gasteiger partial charge in [0.15, 0.2) is 0 Å². The van der Waals surface area contributed by atoms with Crippen LogP contribution in [0.15, 0.2) is 35.3 Å². The van der Waals surface area contributed by atoms with Gasteiger partial charge in [0.05, 0.1) is 0 Å². The van der Waals surface area contributed by atoms with Gasteiger partial charge in [-0.25, -0.2) is 0 Å². The van der Waals surface area contributed by atoms with Crippen molar-refractivity contribution in [2.45, 2.75) is 32.4 Å². The zero-order valence-corrected chi connectivity index (χ0v) is 11.8. The summed E-state index contributed by atoms with van der Waals surface area (Å²) in [6.45, 7) is 5.64. The molecule has 1 rings (SSSR count). The minimum absolute atomic E-state index is 0.105. The first kappa shape index (κ1) is 15.1. The van der Waals surface area contributed by atoms with E-state index >= 15 is 0 Å². The van der Waals surface area contributed by atoms with Crippen LogP contribution in [0.5, 0.6) is 0 Å². The predicted octanol–water partition coefficient (Wildman–Crippen LogP) is 3.62. The summed E-state index contributed by atoms with van der Waals surface area (Å²) in [7, 11) is 0. The molecule has 100 valence electrons. The molecule has 1 aromatic rings. The van der Waals surface area contributed by atoms with Gasteiger partial charge in [0, 0.05) is 0 Å². The summed E-state index contributed by atoms with van der Waals surface area (Å²) >= 11 is -2.84. The van der Waals surface area contributed by atoms with Crippen LogP contribution in [-0.4, -0.2) is 13.8 Å². The Morgan fingerprint density at radius 1 is 1.33 bits per heavy atom. The fourth-order valence-electron chi connectivity index (χ4n) is 1.48. The Hall–Kier alpha value is -0.931.